The summed E-state index contributed by atoms with van der Waals surface area (Å²) >= 11 is 1.65. The summed E-state index contributed by atoms with van der Waals surface area (Å²) in [6.45, 7) is 5.28. The number of unbranched alkanes of at least 4 members (excludes halogenated alkanes) is 24. The lowest BCUT2D eigenvalue weighted by Crippen LogP contribution is -2.28. The van der Waals surface area contributed by atoms with Crippen LogP contribution in [-0.2, 0) is 23.9 Å². The molecular formula is C39H74F3NO6S. The molecule has 298 valence electrons. The Morgan fingerprint density at radius 1 is 0.600 bits per heavy atom. The second-order valence-electron chi connectivity index (χ2n) is 13.4. The zero-order valence-electron chi connectivity index (χ0n) is 31.8. The van der Waals surface area contributed by atoms with Crippen molar-refractivity contribution in [1.82, 2.24) is 0 Å². The third kappa shape index (κ3) is 40.9. The van der Waals surface area contributed by atoms with Crippen molar-refractivity contribution in [2.75, 3.05) is 24.7 Å². The molecule has 11 heteroatoms. The summed E-state index contributed by atoms with van der Waals surface area (Å²) < 4.78 is 42.9. The van der Waals surface area contributed by atoms with Crippen molar-refractivity contribution in [3.05, 3.63) is 0 Å². The fraction of sp³-hybridized carbons (Fsp3) is 0.923. The molecule has 0 radical (unpaired) electrons. The van der Waals surface area contributed by atoms with Crippen molar-refractivity contribution in [3.8, 4) is 0 Å². The van der Waals surface area contributed by atoms with Gasteiger partial charge in [-0.3, -0.25) is 9.59 Å². The van der Waals surface area contributed by atoms with E-state index in [9.17, 15) is 22.8 Å². The van der Waals surface area contributed by atoms with E-state index >= 15 is 0 Å². The van der Waals surface area contributed by atoms with Crippen LogP contribution in [0.1, 0.15) is 194 Å². The maximum absolute atomic E-state index is 12.4. The lowest BCUT2D eigenvalue weighted by Gasteiger charge is -2.18. The molecule has 50 heavy (non-hydrogen) atoms. The van der Waals surface area contributed by atoms with Crippen molar-refractivity contribution < 1.29 is 42.1 Å². The Kier molecular flexibility index (Phi) is 39.2. The predicted molar refractivity (Wildman–Crippen MR) is 202 cm³/mol. The van der Waals surface area contributed by atoms with Crippen molar-refractivity contribution in [2.45, 2.75) is 206 Å². The number of carbonyl (C=O) groups excluding carboxylic acids is 2. The smallest absolute Gasteiger partial charge is 0.475 e. The van der Waals surface area contributed by atoms with E-state index in [0.717, 1.165) is 31.4 Å². The molecule has 0 aliphatic rings. The number of carboxylic acids is 1. The minimum absolute atomic E-state index is 0.152. The standard InChI is InChI=1S/C37H73NO4S.C2HF3O2/c1-3-5-7-9-11-13-15-17-19-21-23-25-27-29-36(39)41-33-35(34-43-32-31-38)42-37(40)30-28-26-24-22-20-18-16-14-12-10-8-6-4-2;3-2(4,5)1(6)7/h35H,3-34,38H2,1-2H3;(H,6,7)/t35-;/m0./s1. The Balaban J connectivity index is 0. The number of carboxylic acid groups (broad SMARTS) is 1. The zero-order valence-corrected chi connectivity index (χ0v) is 32.6. The molecule has 0 aromatic rings. The SMILES string of the molecule is CCCCCCCCCCCCCCCC(=O)OC[C@@H](CSCCN)OC(=O)CCCCCCCCCCCCCCC.O=C(O)C(F)(F)F. The molecule has 0 fully saturated rings. The van der Waals surface area contributed by atoms with Crippen LogP contribution in [0, 0.1) is 0 Å². The van der Waals surface area contributed by atoms with E-state index < -0.39 is 12.1 Å². The topological polar surface area (TPSA) is 116 Å². The highest BCUT2D eigenvalue weighted by molar-refractivity contribution is 7.99. The summed E-state index contributed by atoms with van der Waals surface area (Å²) in [5.41, 5.74) is 5.63. The van der Waals surface area contributed by atoms with Crippen LogP contribution in [0.4, 0.5) is 13.2 Å². The van der Waals surface area contributed by atoms with E-state index in [-0.39, 0.29) is 24.6 Å². The molecule has 0 unspecified atom stereocenters. The summed E-state index contributed by atoms with van der Waals surface area (Å²) in [4.78, 5) is 33.6. The molecule has 0 amide bonds. The van der Waals surface area contributed by atoms with E-state index in [1.54, 1.807) is 11.8 Å². The fourth-order valence-electron chi connectivity index (χ4n) is 5.49. The van der Waals surface area contributed by atoms with Gasteiger partial charge in [0.25, 0.3) is 0 Å². The van der Waals surface area contributed by atoms with Gasteiger partial charge in [0.1, 0.15) is 12.7 Å². The predicted octanol–water partition coefficient (Wildman–Crippen LogP) is 11.7. The van der Waals surface area contributed by atoms with E-state index in [2.05, 4.69) is 13.8 Å². The molecule has 0 aromatic carbocycles. The summed E-state index contributed by atoms with van der Waals surface area (Å²) in [6.07, 6.45) is 28.9. The van der Waals surface area contributed by atoms with E-state index in [1.807, 2.05) is 0 Å². The van der Waals surface area contributed by atoms with Crippen molar-refractivity contribution in [1.29, 1.82) is 0 Å². The Labute approximate surface area is 307 Å². The van der Waals surface area contributed by atoms with Crippen LogP contribution in [0.25, 0.3) is 0 Å². The number of hydrogen-bond donors (Lipinski definition) is 2. The lowest BCUT2D eigenvalue weighted by molar-refractivity contribution is -0.192. The number of rotatable bonds is 35. The molecule has 0 saturated heterocycles. The van der Waals surface area contributed by atoms with Crippen molar-refractivity contribution >= 4 is 29.7 Å². The monoisotopic (exact) mass is 742 g/mol. The van der Waals surface area contributed by atoms with Gasteiger partial charge in [0.05, 0.1) is 0 Å². The Morgan fingerprint density at radius 3 is 1.24 bits per heavy atom. The van der Waals surface area contributed by atoms with Gasteiger partial charge in [-0.2, -0.15) is 24.9 Å². The molecule has 0 aliphatic carbocycles. The first-order valence-corrected chi connectivity index (χ1v) is 21.2. The minimum atomic E-state index is -5.08. The van der Waals surface area contributed by atoms with Gasteiger partial charge in [0.15, 0.2) is 0 Å². The van der Waals surface area contributed by atoms with E-state index in [4.69, 9.17) is 25.1 Å². The molecule has 0 spiro atoms. The molecule has 0 bridgehead atoms. The van der Waals surface area contributed by atoms with Gasteiger partial charge in [0.2, 0.25) is 0 Å². The summed E-state index contributed by atoms with van der Waals surface area (Å²) in [5.74, 6) is -1.68. The van der Waals surface area contributed by atoms with Gasteiger partial charge >= 0.3 is 24.1 Å². The van der Waals surface area contributed by atoms with E-state index in [1.165, 1.54) is 141 Å². The lowest BCUT2D eigenvalue weighted by atomic mass is 10.0. The highest BCUT2D eigenvalue weighted by Gasteiger charge is 2.38. The highest BCUT2D eigenvalue weighted by atomic mass is 32.2. The van der Waals surface area contributed by atoms with E-state index in [0.29, 0.717) is 25.1 Å². The fourth-order valence-corrected chi connectivity index (χ4v) is 6.25. The van der Waals surface area contributed by atoms with Gasteiger partial charge < -0.3 is 20.3 Å². The van der Waals surface area contributed by atoms with Gasteiger partial charge in [-0.25, -0.2) is 4.79 Å². The molecule has 0 saturated carbocycles. The second kappa shape index (κ2) is 38.7. The number of esters is 2. The molecular weight excluding hydrogens is 667 g/mol. The third-order valence-electron chi connectivity index (χ3n) is 8.51. The first kappa shape index (κ1) is 50.6. The number of carbonyl (C=O) groups is 3. The first-order valence-electron chi connectivity index (χ1n) is 20.0. The first-order chi connectivity index (χ1) is 24.1. The summed E-state index contributed by atoms with van der Waals surface area (Å²) in [5, 5.41) is 7.12. The molecule has 0 aromatic heterocycles. The number of hydrogen-bond acceptors (Lipinski definition) is 7. The number of halogens is 3. The highest BCUT2D eigenvalue weighted by Crippen LogP contribution is 2.16. The maximum Gasteiger partial charge on any atom is 0.490 e. The Hall–Kier alpha value is -1.49. The second-order valence-corrected chi connectivity index (χ2v) is 14.6. The third-order valence-corrected chi connectivity index (χ3v) is 9.64. The van der Waals surface area contributed by atoms with Crippen LogP contribution in [-0.4, -0.2) is 60.0 Å². The normalized spacial score (nSPS) is 11.9. The van der Waals surface area contributed by atoms with Gasteiger partial charge in [-0.05, 0) is 12.8 Å². The molecule has 3 N–H and O–H groups in total. The van der Waals surface area contributed by atoms with Gasteiger partial charge in [0, 0.05) is 30.9 Å². The molecule has 0 aliphatic heterocycles. The van der Waals surface area contributed by atoms with Crippen LogP contribution >= 0.6 is 11.8 Å². The van der Waals surface area contributed by atoms with Crippen LogP contribution in [0.15, 0.2) is 0 Å². The molecule has 1 atom stereocenters. The number of alkyl halides is 3. The molecule has 0 heterocycles. The number of aliphatic carboxylic acids is 1. The van der Waals surface area contributed by atoms with Crippen molar-refractivity contribution in [2.24, 2.45) is 5.73 Å². The average molecular weight is 742 g/mol. The zero-order chi connectivity index (χ0) is 37.6. The molecule has 0 rings (SSSR count). The quantitative estimate of drug-likeness (QED) is 0.0487. The van der Waals surface area contributed by atoms with Crippen LogP contribution in [0.2, 0.25) is 0 Å². The Morgan fingerprint density at radius 2 is 0.920 bits per heavy atom. The van der Waals surface area contributed by atoms with Crippen LogP contribution in [0.5, 0.6) is 0 Å². The number of thioether (sulfide) groups is 1. The molecule has 7 nitrogen and oxygen atoms in total. The van der Waals surface area contributed by atoms with Gasteiger partial charge in [-0.1, -0.05) is 168 Å². The Bertz CT molecular complexity index is 773. The summed E-state index contributed by atoms with van der Waals surface area (Å²) in [6, 6.07) is 0. The van der Waals surface area contributed by atoms with Gasteiger partial charge in [-0.15, -0.1) is 0 Å². The van der Waals surface area contributed by atoms with Crippen LogP contribution < -0.4 is 5.73 Å². The minimum Gasteiger partial charge on any atom is -0.475 e. The number of nitrogens with two attached hydrogens (primary N) is 1. The average Bonchev–Trinajstić information content (AvgIpc) is 3.07. The van der Waals surface area contributed by atoms with Crippen LogP contribution in [0.3, 0.4) is 0 Å². The summed E-state index contributed by atoms with van der Waals surface area (Å²) in [7, 11) is 0. The van der Waals surface area contributed by atoms with Crippen molar-refractivity contribution in [3.63, 3.8) is 0 Å². The maximum atomic E-state index is 12.4. The largest absolute Gasteiger partial charge is 0.490 e. The number of ether oxygens (including phenoxy) is 2.